The first-order valence-electron chi connectivity index (χ1n) is 8.12. The van der Waals surface area contributed by atoms with Gasteiger partial charge >= 0.3 is 6.09 Å². The Labute approximate surface area is 156 Å². The molecule has 0 saturated carbocycles. The van der Waals surface area contributed by atoms with E-state index in [2.05, 4.69) is 39.6 Å². The molecule has 24 heavy (non-hydrogen) atoms. The van der Waals surface area contributed by atoms with Gasteiger partial charge in [0.05, 0.1) is 9.09 Å². The Morgan fingerprint density at radius 2 is 1.83 bits per heavy atom. The summed E-state index contributed by atoms with van der Waals surface area (Å²) in [6.45, 7) is 8.51. The van der Waals surface area contributed by atoms with Crippen molar-refractivity contribution in [2.24, 2.45) is 0 Å². The largest absolute Gasteiger partial charge is 0.444 e. The van der Waals surface area contributed by atoms with Crippen LogP contribution in [0, 0.1) is 3.57 Å². The Hall–Kier alpha value is -1.57. The Balaban J connectivity index is 1.71. The maximum absolute atomic E-state index is 12.2. The first kappa shape index (κ1) is 17.3. The summed E-state index contributed by atoms with van der Waals surface area (Å²) in [6.07, 6.45) is -0.233. The van der Waals surface area contributed by atoms with Crippen LogP contribution in [0.2, 0.25) is 0 Å². The SMILES string of the molecule is CC(C)(C)OC(=O)N1CCN(c2nc3ccccc3cc2I)CC1. The van der Waals surface area contributed by atoms with Gasteiger partial charge in [-0.05, 0) is 55.5 Å². The standard InChI is InChI=1S/C18H22IN3O2/c1-18(2,3)24-17(23)22-10-8-21(9-11-22)16-14(19)12-13-6-4-5-7-15(13)20-16/h4-7,12H,8-11H2,1-3H3. The van der Waals surface area contributed by atoms with Gasteiger partial charge in [0.15, 0.2) is 0 Å². The summed E-state index contributed by atoms with van der Waals surface area (Å²) < 4.78 is 6.59. The zero-order valence-corrected chi connectivity index (χ0v) is 16.4. The number of ether oxygens (including phenoxy) is 1. The number of amides is 1. The van der Waals surface area contributed by atoms with E-state index in [9.17, 15) is 4.79 Å². The lowest BCUT2D eigenvalue weighted by molar-refractivity contribution is 0.0240. The van der Waals surface area contributed by atoms with Crippen LogP contribution in [0.25, 0.3) is 10.9 Å². The summed E-state index contributed by atoms with van der Waals surface area (Å²) in [5.74, 6) is 0.998. The molecule has 1 amide bonds. The van der Waals surface area contributed by atoms with E-state index in [4.69, 9.17) is 9.72 Å². The minimum atomic E-state index is -0.455. The number of anilines is 1. The average molecular weight is 439 g/mol. The van der Waals surface area contributed by atoms with Gasteiger partial charge < -0.3 is 14.5 Å². The number of carbonyl (C=O) groups is 1. The topological polar surface area (TPSA) is 45.7 Å². The lowest BCUT2D eigenvalue weighted by Gasteiger charge is -2.36. The predicted octanol–water partition coefficient (Wildman–Crippen LogP) is 3.90. The van der Waals surface area contributed by atoms with E-state index in [0.717, 1.165) is 33.4 Å². The van der Waals surface area contributed by atoms with Gasteiger partial charge in [-0.25, -0.2) is 9.78 Å². The lowest BCUT2D eigenvalue weighted by atomic mass is 10.2. The van der Waals surface area contributed by atoms with Crippen molar-refractivity contribution in [3.05, 3.63) is 33.9 Å². The van der Waals surface area contributed by atoms with E-state index in [1.807, 2.05) is 39.0 Å². The Morgan fingerprint density at radius 3 is 2.50 bits per heavy atom. The molecule has 0 aliphatic carbocycles. The molecule has 0 unspecified atom stereocenters. The average Bonchev–Trinajstić information content (AvgIpc) is 2.53. The molecule has 0 spiro atoms. The molecule has 1 aromatic carbocycles. The summed E-state index contributed by atoms with van der Waals surface area (Å²) in [7, 11) is 0. The highest BCUT2D eigenvalue weighted by atomic mass is 127. The summed E-state index contributed by atoms with van der Waals surface area (Å²) >= 11 is 2.34. The van der Waals surface area contributed by atoms with Crippen molar-refractivity contribution in [1.29, 1.82) is 0 Å². The fraction of sp³-hybridized carbons (Fsp3) is 0.444. The number of aromatic nitrogens is 1. The van der Waals surface area contributed by atoms with Crippen LogP contribution in [0.3, 0.4) is 0 Å². The fourth-order valence-corrected chi connectivity index (χ4v) is 3.53. The van der Waals surface area contributed by atoms with Gasteiger partial charge in [0, 0.05) is 31.6 Å². The zero-order chi connectivity index (χ0) is 17.3. The van der Waals surface area contributed by atoms with Gasteiger partial charge in [-0.1, -0.05) is 18.2 Å². The second-order valence-corrected chi connectivity index (χ2v) is 8.10. The molecule has 1 fully saturated rings. The first-order chi connectivity index (χ1) is 11.3. The molecule has 0 atom stereocenters. The molecule has 1 aliphatic rings. The monoisotopic (exact) mass is 439 g/mol. The third kappa shape index (κ3) is 3.91. The molecule has 2 heterocycles. The summed E-state index contributed by atoms with van der Waals surface area (Å²) in [5.41, 5.74) is 0.547. The maximum atomic E-state index is 12.2. The second-order valence-electron chi connectivity index (χ2n) is 6.94. The molecule has 3 rings (SSSR count). The highest BCUT2D eigenvalue weighted by Gasteiger charge is 2.27. The number of hydrogen-bond donors (Lipinski definition) is 0. The van der Waals surface area contributed by atoms with Gasteiger partial charge in [-0.2, -0.15) is 0 Å². The molecule has 0 bridgehead atoms. The van der Waals surface area contributed by atoms with Crippen LogP contribution in [-0.2, 0) is 4.74 Å². The van der Waals surface area contributed by atoms with Crippen LogP contribution < -0.4 is 4.90 Å². The van der Waals surface area contributed by atoms with Crippen molar-refractivity contribution in [3.63, 3.8) is 0 Å². The zero-order valence-electron chi connectivity index (χ0n) is 14.3. The molecule has 0 radical (unpaired) electrons. The summed E-state index contributed by atoms with van der Waals surface area (Å²) in [4.78, 5) is 21.0. The van der Waals surface area contributed by atoms with Gasteiger partial charge in [-0.15, -0.1) is 0 Å². The highest BCUT2D eigenvalue weighted by Crippen LogP contribution is 2.26. The third-order valence-corrected chi connectivity index (χ3v) is 4.68. The number of fused-ring (bicyclic) bond motifs is 1. The molecule has 1 aromatic heterocycles. The highest BCUT2D eigenvalue weighted by molar-refractivity contribution is 14.1. The Kier molecular flexibility index (Phi) is 4.85. The van der Waals surface area contributed by atoms with E-state index in [1.165, 1.54) is 0 Å². The van der Waals surface area contributed by atoms with Crippen LogP contribution in [0.1, 0.15) is 20.8 Å². The number of carbonyl (C=O) groups excluding carboxylic acids is 1. The van der Waals surface area contributed by atoms with Crippen LogP contribution in [-0.4, -0.2) is 47.8 Å². The van der Waals surface area contributed by atoms with Crippen molar-refractivity contribution in [1.82, 2.24) is 9.88 Å². The summed E-state index contributed by atoms with van der Waals surface area (Å²) in [6, 6.07) is 10.3. The van der Waals surface area contributed by atoms with E-state index >= 15 is 0 Å². The predicted molar refractivity (Wildman–Crippen MR) is 104 cm³/mol. The van der Waals surface area contributed by atoms with Crippen LogP contribution in [0.15, 0.2) is 30.3 Å². The maximum Gasteiger partial charge on any atom is 0.410 e. The van der Waals surface area contributed by atoms with E-state index < -0.39 is 5.60 Å². The van der Waals surface area contributed by atoms with E-state index in [0.29, 0.717) is 13.1 Å². The lowest BCUT2D eigenvalue weighted by Crippen LogP contribution is -2.50. The van der Waals surface area contributed by atoms with Gasteiger partial charge in [0.25, 0.3) is 0 Å². The summed E-state index contributed by atoms with van der Waals surface area (Å²) in [5, 5.41) is 1.15. The molecule has 6 heteroatoms. The number of rotatable bonds is 1. The normalized spacial score (nSPS) is 15.7. The molecule has 2 aromatic rings. The van der Waals surface area contributed by atoms with E-state index in [-0.39, 0.29) is 6.09 Å². The van der Waals surface area contributed by atoms with Crippen LogP contribution in [0.5, 0.6) is 0 Å². The molecule has 0 N–H and O–H groups in total. The van der Waals surface area contributed by atoms with Gasteiger partial charge in [0.2, 0.25) is 0 Å². The number of nitrogens with zero attached hydrogens (tertiary/aromatic N) is 3. The molecular weight excluding hydrogens is 417 g/mol. The van der Waals surface area contributed by atoms with Crippen molar-refractivity contribution >= 4 is 45.4 Å². The van der Waals surface area contributed by atoms with Gasteiger partial charge in [0.1, 0.15) is 11.4 Å². The number of benzene rings is 1. The van der Waals surface area contributed by atoms with Crippen LogP contribution >= 0.6 is 22.6 Å². The Morgan fingerprint density at radius 1 is 1.17 bits per heavy atom. The smallest absolute Gasteiger partial charge is 0.410 e. The molecule has 1 aliphatic heterocycles. The second kappa shape index (κ2) is 6.74. The number of piperazine rings is 1. The Bertz CT molecular complexity index is 750. The van der Waals surface area contributed by atoms with Crippen molar-refractivity contribution in [2.75, 3.05) is 31.1 Å². The fourth-order valence-electron chi connectivity index (χ4n) is 2.73. The van der Waals surface area contributed by atoms with E-state index in [1.54, 1.807) is 4.90 Å². The molecular formula is C18H22IN3O2. The molecule has 128 valence electrons. The first-order valence-corrected chi connectivity index (χ1v) is 9.19. The number of halogens is 1. The van der Waals surface area contributed by atoms with Gasteiger partial charge in [-0.3, -0.25) is 0 Å². The van der Waals surface area contributed by atoms with Crippen molar-refractivity contribution in [2.45, 2.75) is 26.4 Å². The number of hydrogen-bond acceptors (Lipinski definition) is 4. The van der Waals surface area contributed by atoms with Crippen molar-refractivity contribution in [3.8, 4) is 0 Å². The van der Waals surface area contributed by atoms with Crippen LogP contribution in [0.4, 0.5) is 10.6 Å². The minimum absolute atomic E-state index is 0.233. The van der Waals surface area contributed by atoms with Crippen molar-refractivity contribution < 1.29 is 9.53 Å². The molecule has 5 nitrogen and oxygen atoms in total. The number of para-hydroxylation sites is 1. The quantitative estimate of drug-likeness (QED) is 0.633. The minimum Gasteiger partial charge on any atom is -0.444 e. The third-order valence-electron chi connectivity index (χ3n) is 3.89. The molecule has 1 saturated heterocycles. The number of pyridine rings is 1.